The van der Waals surface area contributed by atoms with E-state index >= 15 is 0 Å². The molecule has 0 radical (unpaired) electrons. The summed E-state index contributed by atoms with van der Waals surface area (Å²) >= 11 is 0. The summed E-state index contributed by atoms with van der Waals surface area (Å²) in [4.78, 5) is 23.5. The van der Waals surface area contributed by atoms with Crippen LogP contribution in [0.1, 0.15) is 6.92 Å². The zero-order chi connectivity index (χ0) is 24.7. The van der Waals surface area contributed by atoms with Crippen molar-refractivity contribution in [2.24, 2.45) is 0 Å². The molecule has 1 aromatic carbocycles. The number of nitrogens with one attached hydrogen (secondary N) is 3. The van der Waals surface area contributed by atoms with E-state index in [0.29, 0.717) is 6.54 Å². The highest BCUT2D eigenvalue weighted by Crippen LogP contribution is 2.27. The van der Waals surface area contributed by atoms with Gasteiger partial charge in [-0.3, -0.25) is 9.30 Å². The Labute approximate surface area is 210 Å². The number of carbonyl (C=O) groups is 1. The molecule has 1 aliphatic rings. The Kier molecular flexibility index (Phi) is 7.39. The van der Waals surface area contributed by atoms with Crippen molar-refractivity contribution >= 4 is 23.2 Å². The molecule has 186 valence electrons. The minimum absolute atomic E-state index is 0.218. The van der Waals surface area contributed by atoms with E-state index < -0.39 is 0 Å². The molecular formula is C27H31N7O2. The van der Waals surface area contributed by atoms with Crippen molar-refractivity contribution in [3.05, 3.63) is 67.1 Å². The number of amides is 2. The Balaban J connectivity index is 1.26. The maximum Gasteiger partial charge on any atom is 0.319 e. The molecule has 1 fully saturated rings. The number of hydrogen-bond donors (Lipinski definition) is 3. The lowest BCUT2D eigenvalue weighted by atomic mass is 10.1. The first kappa shape index (κ1) is 23.8. The predicted octanol–water partition coefficient (Wildman–Crippen LogP) is 3.95. The monoisotopic (exact) mass is 485 g/mol. The van der Waals surface area contributed by atoms with Crippen molar-refractivity contribution in [3.8, 4) is 22.4 Å². The first-order valence-corrected chi connectivity index (χ1v) is 12.3. The molecule has 0 atom stereocenters. The van der Waals surface area contributed by atoms with Crippen LogP contribution in [0.25, 0.3) is 28.0 Å². The number of anilines is 2. The summed E-state index contributed by atoms with van der Waals surface area (Å²) in [5.41, 5.74) is 5.59. The first-order valence-electron chi connectivity index (χ1n) is 12.3. The van der Waals surface area contributed by atoms with Crippen molar-refractivity contribution in [2.45, 2.75) is 6.92 Å². The second-order valence-corrected chi connectivity index (χ2v) is 8.67. The minimum atomic E-state index is -0.218. The summed E-state index contributed by atoms with van der Waals surface area (Å²) in [6.45, 7) is 7.91. The molecule has 1 aliphatic heterocycles. The van der Waals surface area contributed by atoms with E-state index in [4.69, 9.17) is 4.74 Å². The molecule has 4 aromatic rings. The number of benzene rings is 1. The van der Waals surface area contributed by atoms with E-state index in [2.05, 4.69) is 49.0 Å². The number of hydrogen-bond acceptors (Lipinski definition) is 6. The second kappa shape index (κ2) is 11.2. The van der Waals surface area contributed by atoms with Gasteiger partial charge in [-0.05, 0) is 48.9 Å². The van der Waals surface area contributed by atoms with Gasteiger partial charge in [0.25, 0.3) is 0 Å². The quantitative estimate of drug-likeness (QED) is 0.350. The van der Waals surface area contributed by atoms with Crippen LogP contribution < -0.4 is 16.0 Å². The highest BCUT2D eigenvalue weighted by atomic mass is 16.5. The summed E-state index contributed by atoms with van der Waals surface area (Å²) in [7, 11) is 0. The summed E-state index contributed by atoms with van der Waals surface area (Å²) in [5, 5.41) is 9.01. The molecule has 3 N–H and O–H groups in total. The molecule has 2 amide bonds. The standard InChI is InChI=1S/C27H31N7O2/c1-2-28-27(35)32-23-5-3-4-21(16-23)24-19-31-26-17-20(8-10-34(24)26)22-6-7-25(30-18-22)29-9-11-33-12-14-36-15-13-33/h3-8,10,16-19H,2,9,11-15H2,1H3,(H,29,30)(H2,28,32,35). The Morgan fingerprint density at radius 3 is 2.69 bits per heavy atom. The van der Waals surface area contributed by atoms with E-state index in [1.54, 1.807) is 0 Å². The molecule has 9 nitrogen and oxygen atoms in total. The Bertz CT molecular complexity index is 1310. The van der Waals surface area contributed by atoms with Crippen LogP contribution in [0.5, 0.6) is 0 Å². The molecule has 0 aliphatic carbocycles. The van der Waals surface area contributed by atoms with E-state index in [-0.39, 0.29) is 6.03 Å². The van der Waals surface area contributed by atoms with Gasteiger partial charge in [0.1, 0.15) is 11.5 Å². The SMILES string of the molecule is CCNC(=O)Nc1cccc(-c2cnc3cc(-c4ccc(NCCN5CCOCC5)nc4)ccn23)c1. The van der Waals surface area contributed by atoms with Crippen LogP contribution in [0.2, 0.25) is 0 Å². The van der Waals surface area contributed by atoms with Crippen LogP contribution in [0.4, 0.5) is 16.3 Å². The van der Waals surface area contributed by atoms with E-state index in [1.165, 1.54) is 0 Å². The fourth-order valence-electron chi connectivity index (χ4n) is 4.30. The van der Waals surface area contributed by atoms with Gasteiger partial charge in [-0.2, -0.15) is 0 Å². The van der Waals surface area contributed by atoms with Crippen LogP contribution >= 0.6 is 0 Å². The van der Waals surface area contributed by atoms with E-state index in [1.807, 2.05) is 60.2 Å². The smallest absolute Gasteiger partial charge is 0.319 e. The lowest BCUT2D eigenvalue weighted by molar-refractivity contribution is 0.0398. The molecular weight excluding hydrogens is 454 g/mol. The zero-order valence-electron chi connectivity index (χ0n) is 20.4. The zero-order valence-corrected chi connectivity index (χ0v) is 20.4. The minimum Gasteiger partial charge on any atom is -0.379 e. The molecule has 9 heteroatoms. The van der Waals surface area contributed by atoms with Gasteiger partial charge in [0.15, 0.2) is 0 Å². The van der Waals surface area contributed by atoms with Gasteiger partial charge >= 0.3 is 6.03 Å². The van der Waals surface area contributed by atoms with Crippen molar-refractivity contribution in [1.82, 2.24) is 24.6 Å². The number of nitrogens with zero attached hydrogens (tertiary/aromatic N) is 4. The summed E-state index contributed by atoms with van der Waals surface area (Å²) in [6.07, 6.45) is 5.76. The largest absolute Gasteiger partial charge is 0.379 e. The third-order valence-electron chi connectivity index (χ3n) is 6.20. The molecule has 0 unspecified atom stereocenters. The molecule has 3 aromatic heterocycles. The van der Waals surface area contributed by atoms with Crippen molar-refractivity contribution in [3.63, 3.8) is 0 Å². The highest BCUT2D eigenvalue weighted by molar-refractivity contribution is 5.90. The highest BCUT2D eigenvalue weighted by Gasteiger charge is 2.11. The van der Waals surface area contributed by atoms with Crippen molar-refractivity contribution < 1.29 is 9.53 Å². The average molecular weight is 486 g/mol. The topological polar surface area (TPSA) is 95.8 Å². The number of fused-ring (bicyclic) bond motifs is 1. The first-order chi connectivity index (χ1) is 17.7. The molecule has 4 heterocycles. The van der Waals surface area contributed by atoms with Crippen LogP contribution in [-0.4, -0.2) is 71.2 Å². The maximum atomic E-state index is 11.9. The van der Waals surface area contributed by atoms with Gasteiger partial charge in [-0.1, -0.05) is 12.1 Å². The Morgan fingerprint density at radius 1 is 1.00 bits per heavy atom. The van der Waals surface area contributed by atoms with Gasteiger partial charge < -0.3 is 20.7 Å². The van der Waals surface area contributed by atoms with Gasteiger partial charge in [0.05, 0.1) is 25.1 Å². The lowest BCUT2D eigenvalue weighted by Crippen LogP contribution is -2.39. The molecule has 0 saturated carbocycles. The van der Waals surface area contributed by atoms with Crippen molar-refractivity contribution in [2.75, 3.05) is 56.6 Å². The third kappa shape index (κ3) is 5.64. The molecule has 5 rings (SSSR count). The van der Waals surface area contributed by atoms with Gasteiger partial charge in [-0.25, -0.2) is 14.8 Å². The van der Waals surface area contributed by atoms with Crippen LogP contribution in [-0.2, 0) is 4.74 Å². The Morgan fingerprint density at radius 2 is 1.89 bits per heavy atom. The third-order valence-corrected chi connectivity index (χ3v) is 6.20. The normalized spacial score (nSPS) is 14.0. The summed E-state index contributed by atoms with van der Waals surface area (Å²) in [6, 6.07) is 15.8. The number of imidazole rings is 1. The fraction of sp³-hybridized carbons (Fsp3) is 0.296. The Hall–Kier alpha value is -3.95. The van der Waals surface area contributed by atoms with Gasteiger partial charge in [-0.15, -0.1) is 0 Å². The van der Waals surface area contributed by atoms with E-state index in [9.17, 15) is 4.79 Å². The van der Waals surface area contributed by atoms with Crippen LogP contribution in [0, 0.1) is 0 Å². The van der Waals surface area contributed by atoms with Crippen LogP contribution in [0.15, 0.2) is 67.1 Å². The van der Waals surface area contributed by atoms with Gasteiger partial charge in [0.2, 0.25) is 0 Å². The van der Waals surface area contributed by atoms with Gasteiger partial charge in [0, 0.05) is 61.9 Å². The average Bonchev–Trinajstić information content (AvgIpc) is 3.33. The number of urea groups is 1. The lowest BCUT2D eigenvalue weighted by Gasteiger charge is -2.26. The number of rotatable bonds is 8. The molecule has 36 heavy (non-hydrogen) atoms. The summed E-state index contributed by atoms with van der Waals surface area (Å²) in [5.74, 6) is 0.872. The number of aromatic nitrogens is 3. The maximum absolute atomic E-state index is 11.9. The fourth-order valence-corrected chi connectivity index (χ4v) is 4.30. The summed E-state index contributed by atoms with van der Waals surface area (Å²) < 4.78 is 7.44. The number of carbonyl (C=O) groups excluding carboxylic acids is 1. The molecule has 1 saturated heterocycles. The van der Waals surface area contributed by atoms with Crippen LogP contribution in [0.3, 0.4) is 0 Å². The number of ether oxygens (including phenoxy) is 1. The number of morpholine rings is 1. The molecule has 0 bridgehead atoms. The van der Waals surface area contributed by atoms with Crippen molar-refractivity contribution in [1.29, 1.82) is 0 Å². The number of pyridine rings is 2. The predicted molar refractivity (Wildman–Crippen MR) is 142 cm³/mol. The van der Waals surface area contributed by atoms with E-state index in [0.717, 1.165) is 78.9 Å². The molecule has 0 spiro atoms. The second-order valence-electron chi connectivity index (χ2n) is 8.67.